The molecule has 1 aromatic heterocycles. The Kier molecular flexibility index (Phi) is 4.38. The smallest absolute Gasteiger partial charge is 0.328 e. The fourth-order valence-electron chi connectivity index (χ4n) is 2.02. The topological polar surface area (TPSA) is 90.4 Å². The van der Waals surface area contributed by atoms with Gasteiger partial charge in [0.2, 0.25) is 0 Å². The first-order valence-electron chi connectivity index (χ1n) is 6.37. The summed E-state index contributed by atoms with van der Waals surface area (Å²) in [4.78, 5) is 25.0. The molecule has 2 rings (SSSR count). The Bertz CT molecular complexity index is 452. The van der Waals surface area contributed by atoms with E-state index in [9.17, 15) is 9.59 Å². The molecule has 0 aromatic carbocycles. The molecule has 0 saturated carbocycles. The molecule has 1 aromatic rings. The van der Waals surface area contributed by atoms with Gasteiger partial charge in [-0.15, -0.1) is 0 Å². The van der Waals surface area contributed by atoms with Crippen molar-refractivity contribution in [2.75, 3.05) is 25.4 Å². The third-order valence-electron chi connectivity index (χ3n) is 3.02. The van der Waals surface area contributed by atoms with Gasteiger partial charge in [0.15, 0.2) is 6.61 Å². The number of aromatic nitrogens is 2. The molecule has 1 fully saturated rings. The van der Waals surface area contributed by atoms with E-state index in [2.05, 4.69) is 5.10 Å². The minimum atomic E-state index is -0.492. The molecule has 7 nitrogen and oxygen atoms in total. The molecule has 1 saturated heterocycles. The second-order valence-electron chi connectivity index (χ2n) is 4.54. The Labute approximate surface area is 111 Å². The maximum Gasteiger partial charge on any atom is 0.328 e. The first kappa shape index (κ1) is 13.4. The Morgan fingerprint density at radius 1 is 1.32 bits per heavy atom. The number of nitrogen functional groups attached to an aromatic ring is 1. The Morgan fingerprint density at radius 3 is 2.68 bits per heavy atom. The lowest BCUT2D eigenvalue weighted by molar-refractivity contribution is -0.153. The van der Waals surface area contributed by atoms with Crippen LogP contribution in [0, 0.1) is 0 Å². The number of nitrogens with two attached hydrogens (primary N) is 1. The summed E-state index contributed by atoms with van der Waals surface area (Å²) in [6.45, 7) is 1.28. The molecule has 19 heavy (non-hydrogen) atoms. The number of likely N-dealkylation sites (tertiary alicyclic amines) is 1. The number of carbonyl (C=O) groups excluding carboxylic acids is 2. The minimum absolute atomic E-state index is 0.0372. The predicted octanol–water partition coefficient (Wildman–Crippen LogP) is 0.0210. The van der Waals surface area contributed by atoms with Crippen LogP contribution in [0.5, 0.6) is 0 Å². The summed E-state index contributed by atoms with van der Waals surface area (Å²) in [5, 5.41) is 3.87. The summed E-state index contributed by atoms with van der Waals surface area (Å²) in [6, 6.07) is 1.59. The van der Waals surface area contributed by atoms with Gasteiger partial charge in [-0.1, -0.05) is 0 Å². The summed E-state index contributed by atoms with van der Waals surface area (Å²) >= 11 is 0. The van der Waals surface area contributed by atoms with Gasteiger partial charge in [-0.25, -0.2) is 0 Å². The molecule has 2 N–H and O–H groups in total. The van der Waals surface area contributed by atoms with Crippen LogP contribution in [0.2, 0.25) is 0 Å². The number of piperidine rings is 1. The molecule has 0 atom stereocenters. The van der Waals surface area contributed by atoms with Crippen LogP contribution in [0.4, 0.5) is 5.82 Å². The Balaban J connectivity index is 1.72. The van der Waals surface area contributed by atoms with Crippen molar-refractivity contribution in [3.8, 4) is 0 Å². The maximum absolute atomic E-state index is 11.8. The highest BCUT2D eigenvalue weighted by molar-refractivity contribution is 5.80. The van der Waals surface area contributed by atoms with Crippen molar-refractivity contribution in [3.05, 3.63) is 12.3 Å². The average molecular weight is 266 g/mol. The van der Waals surface area contributed by atoms with Crippen molar-refractivity contribution in [1.82, 2.24) is 14.7 Å². The number of hydrogen-bond acceptors (Lipinski definition) is 5. The molecule has 0 unspecified atom stereocenters. The number of hydrogen-bond donors (Lipinski definition) is 1. The first-order valence-corrected chi connectivity index (χ1v) is 6.37. The van der Waals surface area contributed by atoms with Crippen molar-refractivity contribution in [2.24, 2.45) is 0 Å². The summed E-state index contributed by atoms with van der Waals surface area (Å²) in [5.74, 6) is -0.279. The van der Waals surface area contributed by atoms with Gasteiger partial charge in [-0.05, 0) is 25.3 Å². The zero-order chi connectivity index (χ0) is 13.7. The fourth-order valence-corrected chi connectivity index (χ4v) is 2.02. The van der Waals surface area contributed by atoms with Gasteiger partial charge in [-0.2, -0.15) is 5.10 Å². The van der Waals surface area contributed by atoms with Crippen LogP contribution in [-0.4, -0.2) is 46.3 Å². The lowest BCUT2D eigenvalue weighted by atomic mass is 10.1. The van der Waals surface area contributed by atoms with Gasteiger partial charge < -0.3 is 15.4 Å². The van der Waals surface area contributed by atoms with Crippen LogP contribution >= 0.6 is 0 Å². The van der Waals surface area contributed by atoms with E-state index in [1.807, 2.05) is 0 Å². The molecule has 1 aliphatic rings. The van der Waals surface area contributed by atoms with Crippen LogP contribution in [-0.2, 0) is 20.9 Å². The molecule has 1 aliphatic heterocycles. The highest BCUT2D eigenvalue weighted by atomic mass is 16.5. The second-order valence-corrected chi connectivity index (χ2v) is 4.54. The van der Waals surface area contributed by atoms with Gasteiger partial charge in [0.25, 0.3) is 5.91 Å². The third-order valence-corrected chi connectivity index (χ3v) is 3.02. The standard InChI is InChI=1S/C12H18N4O3/c13-10-4-7-16(14-10)8-12(18)19-9-11(17)15-5-2-1-3-6-15/h4,7H,1-3,5-6,8-9H2,(H2,13,14). The maximum atomic E-state index is 11.8. The molecular weight excluding hydrogens is 248 g/mol. The third kappa shape index (κ3) is 3.97. The number of carbonyl (C=O) groups is 2. The molecule has 0 aliphatic carbocycles. The van der Waals surface area contributed by atoms with E-state index in [1.54, 1.807) is 17.2 Å². The Hall–Kier alpha value is -2.05. The van der Waals surface area contributed by atoms with Gasteiger partial charge in [0, 0.05) is 19.3 Å². The van der Waals surface area contributed by atoms with E-state index < -0.39 is 5.97 Å². The summed E-state index contributed by atoms with van der Waals surface area (Å²) in [6.07, 6.45) is 4.78. The monoisotopic (exact) mass is 266 g/mol. The Morgan fingerprint density at radius 2 is 2.05 bits per heavy atom. The zero-order valence-electron chi connectivity index (χ0n) is 10.7. The van der Waals surface area contributed by atoms with Crippen molar-refractivity contribution >= 4 is 17.7 Å². The quantitative estimate of drug-likeness (QED) is 0.776. The van der Waals surface area contributed by atoms with Gasteiger partial charge in [0.05, 0.1) is 0 Å². The summed E-state index contributed by atoms with van der Waals surface area (Å²) < 4.78 is 6.32. The molecule has 7 heteroatoms. The number of ether oxygens (including phenoxy) is 1. The van der Waals surface area contributed by atoms with Gasteiger partial charge in [0.1, 0.15) is 12.4 Å². The molecule has 0 spiro atoms. The molecule has 1 amide bonds. The van der Waals surface area contributed by atoms with Gasteiger partial charge in [-0.3, -0.25) is 14.3 Å². The number of rotatable bonds is 4. The van der Waals surface area contributed by atoms with Crippen molar-refractivity contribution in [3.63, 3.8) is 0 Å². The molecule has 0 radical (unpaired) electrons. The lowest BCUT2D eigenvalue weighted by Crippen LogP contribution is -2.38. The molecule has 2 heterocycles. The van der Waals surface area contributed by atoms with E-state index >= 15 is 0 Å². The normalized spacial score (nSPS) is 15.3. The van der Waals surface area contributed by atoms with E-state index in [1.165, 1.54) is 4.68 Å². The highest BCUT2D eigenvalue weighted by Gasteiger charge is 2.18. The van der Waals surface area contributed by atoms with E-state index in [0.29, 0.717) is 5.82 Å². The fraction of sp³-hybridized carbons (Fsp3) is 0.583. The van der Waals surface area contributed by atoms with Gasteiger partial charge >= 0.3 is 5.97 Å². The zero-order valence-corrected chi connectivity index (χ0v) is 10.7. The number of esters is 1. The molecule has 104 valence electrons. The number of nitrogens with zero attached hydrogens (tertiary/aromatic N) is 3. The second kappa shape index (κ2) is 6.21. The number of anilines is 1. The van der Waals surface area contributed by atoms with Crippen LogP contribution in [0.15, 0.2) is 12.3 Å². The molecule has 0 bridgehead atoms. The van der Waals surface area contributed by atoms with Crippen LogP contribution < -0.4 is 5.73 Å². The summed E-state index contributed by atoms with van der Waals surface area (Å²) in [5.41, 5.74) is 5.43. The number of amides is 1. The first-order chi connectivity index (χ1) is 9.15. The predicted molar refractivity (Wildman–Crippen MR) is 68.0 cm³/mol. The van der Waals surface area contributed by atoms with E-state index in [-0.39, 0.29) is 19.1 Å². The minimum Gasteiger partial charge on any atom is -0.454 e. The largest absolute Gasteiger partial charge is 0.454 e. The SMILES string of the molecule is Nc1ccn(CC(=O)OCC(=O)N2CCCCC2)n1. The van der Waals surface area contributed by atoms with Crippen LogP contribution in [0.25, 0.3) is 0 Å². The van der Waals surface area contributed by atoms with Crippen LogP contribution in [0.3, 0.4) is 0 Å². The lowest BCUT2D eigenvalue weighted by Gasteiger charge is -2.26. The van der Waals surface area contributed by atoms with Crippen molar-refractivity contribution in [2.45, 2.75) is 25.8 Å². The van der Waals surface area contributed by atoms with Crippen LogP contribution in [0.1, 0.15) is 19.3 Å². The molecular formula is C12H18N4O3. The average Bonchev–Trinajstić information content (AvgIpc) is 2.82. The van der Waals surface area contributed by atoms with Crippen molar-refractivity contribution in [1.29, 1.82) is 0 Å². The van der Waals surface area contributed by atoms with E-state index in [0.717, 1.165) is 32.4 Å². The van der Waals surface area contributed by atoms with Crippen molar-refractivity contribution < 1.29 is 14.3 Å². The summed E-state index contributed by atoms with van der Waals surface area (Å²) in [7, 11) is 0. The van der Waals surface area contributed by atoms with E-state index in [4.69, 9.17) is 10.5 Å². The highest BCUT2D eigenvalue weighted by Crippen LogP contribution is 2.08.